The molecule has 1 saturated carbocycles. The summed E-state index contributed by atoms with van der Waals surface area (Å²) in [7, 11) is -4.08. The van der Waals surface area contributed by atoms with Crippen molar-refractivity contribution < 1.29 is 22.1 Å². The zero-order chi connectivity index (χ0) is 23.9. The van der Waals surface area contributed by atoms with Gasteiger partial charge in [0.05, 0.1) is 18.0 Å². The van der Waals surface area contributed by atoms with E-state index < -0.39 is 22.4 Å². The number of hydrogen-bond acceptors (Lipinski definition) is 8. The Balaban J connectivity index is 1.39. The molecule has 1 aromatic carbocycles. The van der Waals surface area contributed by atoms with E-state index >= 15 is 0 Å². The fourth-order valence-electron chi connectivity index (χ4n) is 5.25. The first kappa shape index (κ1) is 22.8. The number of aryl methyl sites for hydroxylation is 1. The molecule has 1 fully saturated rings. The summed E-state index contributed by atoms with van der Waals surface area (Å²) in [5.41, 5.74) is 3.42. The van der Waals surface area contributed by atoms with E-state index in [0.29, 0.717) is 12.8 Å². The van der Waals surface area contributed by atoms with Gasteiger partial charge in [-0.05, 0) is 36.5 Å². The van der Waals surface area contributed by atoms with Crippen molar-refractivity contribution in [2.24, 2.45) is 11.1 Å². The highest BCUT2D eigenvalue weighted by Gasteiger charge is 2.39. The van der Waals surface area contributed by atoms with E-state index in [4.69, 9.17) is 14.1 Å². The monoisotopic (exact) mass is 485 g/mol. The standard InChI is InChI=1S/C23H27N5O5S/c1-14(29)33-21-11-17(10-16(21)12-32-34(24,30)31)28-9-8-19-22(25-13-26-23(19)28)27-20-7-6-15-4-2-3-5-18(15)20/h2-5,8-9,13,16-17,20-21H,6-7,10-12H2,1H3,(H2,24,30,31)(H,25,26,27)/t16-,17-,20-,21-/m0/s1. The molecular formula is C23H27N5O5S. The Morgan fingerprint density at radius 2 is 2.06 bits per heavy atom. The number of benzene rings is 1. The second-order valence-electron chi connectivity index (χ2n) is 8.93. The highest BCUT2D eigenvalue weighted by atomic mass is 32.2. The highest BCUT2D eigenvalue weighted by Crippen LogP contribution is 2.40. The van der Waals surface area contributed by atoms with Crippen LogP contribution in [0.1, 0.15) is 49.4 Å². The predicted molar refractivity (Wildman–Crippen MR) is 125 cm³/mol. The Morgan fingerprint density at radius 1 is 1.24 bits per heavy atom. The third-order valence-corrected chi connectivity index (χ3v) is 7.18. The maximum atomic E-state index is 11.6. The van der Waals surface area contributed by atoms with Gasteiger partial charge in [-0.3, -0.25) is 8.98 Å². The molecule has 2 aromatic heterocycles. The molecule has 0 bridgehead atoms. The molecular weight excluding hydrogens is 458 g/mol. The van der Waals surface area contributed by atoms with E-state index in [1.54, 1.807) is 6.33 Å². The van der Waals surface area contributed by atoms with E-state index in [1.165, 1.54) is 18.1 Å². The van der Waals surface area contributed by atoms with Gasteiger partial charge in [0, 0.05) is 31.5 Å². The smallest absolute Gasteiger partial charge is 0.333 e. The molecule has 11 heteroatoms. The lowest BCUT2D eigenvalue weighted by atomic mass is 10.1. The lowest BCUT2D eigenvalue weighted by Gasteiger charge is -2.18. The van der Waals surface area contributed by atoms with Gasteiger partial charge in [-0.1, -0.05) is 24.3 Å². The molecule has 0 spiro atoms. The second-order valence-corrected chi connectivity index (χ2v) is 10.1. The van der Waals surface area contributed by atoms with E-state index in [1.807, 2.05) is 16.8 Å². The molecule has 2 aliphatic rings. The van der Waals surface area contributed by atoms with Crippen molar-refractivity contribution in [3.63, 3.8) is 0 Å². The van der Waals surface area contributed by atoms with Crippen molar-refractivity contribution in [3.05, 3.63) is 54.0 Å². The van der Waals surface area contributed by atoms with Crippen molar-refractivity contribution in [1.82, 2.24) is 14.5 Å². The van der Waals surface area contributed by atoms with Crippen LogP contribution in [0.25, 0.3) is 11.0 Å². The maximum absolute atomic E-state index is 11.6. The lowest BCUT2D eigenvalue weighted by Crippen LogP contribution is -2.27. The number of carbonyl (C=O) groups is 1. The van der Waals surface area contributed by atoms with Gasteiger partial charge in [0.2, 0.25) is 0 Å². The number of anilines is 1. The third-order valence-electron chi connectivity index (χ3n) is 6.72. The lowest BCUT2D eigenvalue weighted by molar-refractivity contribution is -0.148. The van der Waals surface area contributed by atoms with Crippen LogP contribution in [0.5, 0.6) is 0 Å². The number of esters is 1. The van der Waals surface area contributed by atoms with Crippen LogP contribution in [0.15, 0.2) is 42.9 Å². The molecule has 2 aliphatic carbocycles. The summed E-state index contributed by atoms with van der Waals surface area (Å²) < 4.78 is 34.9. The largest absolute Gasteiger partial charge is 0.462 e. The first-order valence-electron chi connectivity index (χ1n) is 11.3. The molecule has 180 valence electrons. The van der Waals surface area contributed by atoms with E-state index in [9.17, 15) is 13.2 Å². The number of nitrogens with two attached hydrogens (primary N) is 1. The minimum absolute atomic E-state index is 0.0501. The average Bonchev–Trinajstić information content (AvgIpc) is 3.49. The normalized spacial score (nSPS) is 24.3. The fraction of sp³-hybridized carbons (Fsp3) is 0.435. The fourth-order valence-corrected chi connectivity index (χ4v) is 5.62. The molecule has 34 heavy (non-hydrogen) atoms. The van der Waals surface area contributed by atoms with Gasteiger partial charge in [-0.2, -0.15) is 8.42 Å². The molecule has 4 atom stereocenters. The Kier molecular flexibility index (Phi) is 6.00. The van der Waals surface area contributed by atoms with Crippen LogP contribution in [0.4, 0.5) is 5.82 Å². The molecule has 3 N–H and O–H groups in total. The van der Waals surface area contributed by atoms with E-state index in [-0.39, 0.29) is 24.6 Å². The van der Waals surface area contributed by atoms with Crippen molar-refractivity contribution >= 4 is 33.1 Å². The SMILES string of the molecule is CC(=O)O[C@H]1C[C@@H](n2ccc3c(N[C@H]4CCc5ccccc54)ncnc32)C[C@H]1COS(N)(=O)=O. The van der Waals surface area contributed by atoms with E-state index in [0.717, 1.165) is 29.7 Å². The predicted octanol–water partition coefficient (Wildman–Crippen LogP) is 2.63. The number of nitrogens with one attached hydrogen (secondary N) is 1. The first-order valence-corrected chi connectivity index (χ1v) is 12.8. The summed E-state index contributed by atoms with van der Waals surface area (Å²) in [5, 5.41) is 9.48. The van der Waals surface area contributed by atoms with Crippen LogP contribution in [-0.4, -0.2) is 41.6 Å². The average molecular weight is 486 g/mol. The first-order chi connectivity index (χ1) is 16.3. The number of fused-ring (bicyclic) bond motifs is 2. The Bertz CT molecular complexity index is 1320. The van der Waals surface area contributed by atoms with Crippen LogP contribution in [0, 0.1) is 5.92 Å². The maximum Gasteiger partial charge on any atom is 0.333 e. The molecule has 5 rings (SSSR count). The summed E-state index contributed by atoms with van der Waals surface area (Å²) in [6.07, 6.45) is 6.13. The van der Waals surface area contributed by atoms with Crippen molar-refractivity contribution in [1.29, 1.82) is 0 Å². The second kappa shape index (κ2) is 8.97. The number of ether oxygens (including phenoxy) is 1. The molecule has 0 aliphatic heterocycles. The number of aromatic nitrogens is 3. The summed E-state index contributed by atoms with van der Waals surface area (Å²) in [5.74, 6) is 0.0440. The van der Waals surface area contributed by atoms with Gasteiger partial charge >= 0.3 is 16.3 Å². The summed E-state index contributed by atoms with van der Waals surface area (Å²) in [6, 6.07) is 10.6. The molecule has 0 saturated heterocycles. The number of rotatable bonds is 7. The van der Waals surface area contributed by atoms with Crippen molar-refractivity contribution in [3.8, 4) is 0 Å². The Hall–Kier alpha value is -3.02. The Morgan fingerprint density at radius 3 is 2.85 bits per heavy atom. The zero-order valence-corrected chi connectivity index (χ0v) is 19.6. The van der Waals surface area contributed by atoms with Crippen LogP contribution in [-0.2, 0) is 30.4 Å². The minimum atomic E-state index is -4.08. The van der Waals surface area contributed by atoms with Gasteiger partial charge in [0.1, 0.15) is 23.9 Å². The van der Waals surface area contributed by atoms with Gasteiger partial charge in [-0.25, -0.2) is 15.1 Å². The summed E-state index contributed by atoms with van der Waals surface area (Å²) in [4.78, 5) is 20.6. The van der Waals surface area contributed by atoms with Crippen LogP contribution in [0.2, 0.25) is 0 Å². The van der Waals surface area contributed by atoms with Crippen LogP contribution in [0.3, 0.4) is 0 Å². The van der Waals surface area contributed by atoms with Crippen LogP contribution >= 0.6 is 0 Å². The van der Waals surface area contributed by atoms with Crippen molar-refractivity contribution in [2.45, 2.75) is 50.8 Å². The number of nitrogens with zero attached hydrogens (tertiary/aromatic N) is 3. The van der Waals surface area contributed by atoms with E-state index in [2.05, 4.69) is 39.6 Å². The molecule has 2 heterocycles. The summed E-state index contributed by atoms with van der Waals surface area (Å²) in [6.45, 7) is 1.19. The molecule has 3 aromatic rings. The molecule has 0 amide bonds. The number of carbonyl (C=O) groups excluding carboxylic acids is 1. The van der Waals surface area contributed by atoms with Gasteiger partial charge in [0.15, 0.2) is 0 Å². The highest BCUT2D eigenvalue weighted by molar-refractivity contribution is 7.84. The topological polar surface area (TPSA) is 138 Å². The number of hydrogen-bond donors (Lipinski definition) is 2. The molecule has 0 unspecified atom stereocenters. The quantitative estimate of drug-likeness (QED) is 0.487. The third kappa shape index (κ3) is 4.63. The van der Waals surface area contributed by atoms with Gasteiger partial charge < -0.3 is 14.6 Å². The molecule has 10 nitrogen and oxygen atoms in total. The van der Waals surface area contributed by atoms with Gasteiger partial charge in [0.25, 0.3) is 0 Å². The summed E-state index contributed by atoms with van der Waals surface area (Å²) >= 11 is 0. The minimum Gasteiger partial charge on any atom is -0.462 e. The molecule has 0 radical (unpaired) electrons. The van der Waals surface area contributed by atoms with Crippen LogP contribution < -0.4 is 10.5 Å². The van der Waals surface area contributed by atoms with Crippen molar-refractivity contribution in [2.75, 3.05) is 11.9 Å². The Labute approximate surface area is 197 Å². The van der Waals surface area contributed by atoms with Gasteiger partial charge in [-0.15, -0.1) is 0 Å². The zero-order valence-electron chi connectivity index (χ0n) is 18.8.